The van der Waals surface area contributed by atoms with Crippen LogP contribution in [0.5, 0.6) is 5.75 Å². The lowest BCUT2D eigenvalue weighted by Gasteiger charge is -2.12. The molecule has 0 unspecified atom stereocenters. The zero-order valence-electron chi connectivity index (χ0n) is 18.7. The van der Waals surface area contributed by atoms with Crippen molar-refractivity contribution in [3.05, 3.63) is 106 Å². The normalized spacial score (nSPS) is 10.9. The molecule has 35 heavy (non-hydrogen) atoms. The van der Waals surface area contributed by atoms with Crippen LogP contribution in [0.25, 0.3) is 10.8 Å². The quantitative estimate of drug-likeness (QED) is 0.210. The minimum absolute atomic E-state index is 0.215. The fourth-order valence-electron chi connectivity index (χ4n) is 3.40. The highest BCUT2D eigenvalue weighted by Crippen LogP contribution is 2.27. The summed E-state index contributed by atoms with van der Waals surface area (Å²) in [7, 11) is 0. The zero-order chi connectivity index (χ0) is 24.8. The summed E-state index contributed by atoms with van der Waals surface area (Å²) in [6.07, 6.45) is 1.43. The number of carbonyl (C=O) groups is 2. The van der Waals surface area contributed by atoms with Crippen molar-refractivity contribution in [2.75, 3.05) is 5.32 Å². The van der Waals surface area contributed by atoms with E-state index in [1.54, 1.807) is 43.3 Å². The zero-order valence-corrected chi connectivity index (χ0v) is 19.5. The molecular weight excluding hydrogens is 469 g/mol. The summed E-state index contributed by atoms with van der Waals surface area (Å²) in [5, 5.41) is 8.78. The number of amides is 2. The molecule has 0 aliphatic heterocycles. The Morgan fingerprint density at radius 3 is 2.54 bits per heavy atom. The number of hydrazone groups is 1. The van der Waals surface area contributed by atoms with Crippen molar-refractivity contribution in [3.63, 3.8) is 0 Å². The Kier molecular flexibility index (Phi) is 7.38. The van der Waals surface area contributed by atoms with Crippen molar-refractivity contribution in [1.82, 2.24) is 5.43 Å². The van der Waals surface area contributed by atoms with Crippen molar-refractivity contribution in [1.29, 1.82) is 0 Å². The number of hydrogen-bond acceptors (Lipinski definition) is 4. The van der Waals surface area contributed by atoms with Gasteiger partial charge in [0.15, 0.2) is 0 Å². The third kappa shape index (κ3) is 5.83. The van der Waals surface area contributed by atoms with Crippen molar-refractivity contribution in [2.45, 2.75) is 13.5 Å². The SMILES string of the molecule is Cc1c(Cl)cccc1NC(=O)C(=O)N/N=C/c1c(OCc2ccc(F)cc2)ccc2ccccc12. The lowest BCUT2D eigenvalue weighted by atomic mass is 10.0. The first-order valence-electron chi connectivity index (χ1n) is 10.7. The number of nitrogens with zero attached hydrogens (tertiary/aromatic N) is 1. The molecule has 2 N–H and O–H groups in total. The molecule has 0 saturated carbocycles. The summed E-state index contributed by atoms with van der Waals surface area (Å²) in [6.45, 7) is 1.95. The highest BCUT2D eigenvalue weighted by atomic mass is 35.5. The third-order valence-corrected chi connectivity index (χ3v) is 5.73. The van der Waals surface area contributed by atoms with Gasteiger partial charge >= 0.3 is 11.8 Å². The summed E-state index contributed by atoms with van der Waals surface area (Å²) >= 11 is 6.06. The summed E-state index contributed by atoms with van der Waals surface area (Å²) in [4.78, 5) is 24.6. The van der Waals surface area contributed by atoms with E-state index in [0.29, 0.717) is 27.6 Å². The Bertz CT molecular complexity index is 1420. The van der Waals surface area contributed by atoms with E-state index in [9.17, 15) is 14.0 Å². The van der Waals surface area contributed by atoms with Gasteiger partial charge in [-0.05, 0) is 59.2 Å². The van der Waals surface area contributed by atoms with Gasteiger partial charge in [0.25, 0.3) is 0 Å². The van der Waals surface area contributed by atoms with E-state index in [-0.39, 0.29) is 12.4 Å². The van der Waals surface area contributed by atoms with Gasteiger partial charge < -0.3 is 10.1 Å². The Morgan fingerprint density at radius 1 is 0.971 bits per heavy atom. The van der Waals surface area contributed by atoms with Crippen LogP contribution in [0.3, 0.4) is 0 Å². The van der Waals surface area contributed by atoms with Crippen LogP contribution in [0.15, 0.2) is 84.0 Å². The maximum atomic E-state index is 13.2. The Hall–Kier alpha value is -4.23. The minimum Gasteiger partial charge on any atom is -0.488 e. The highest BCUT2D eigenvalue weighted by Gasteiger charge is 2.15. The fourth-order valence-corrected chi connectivity index (χ4v) is 3.58. The first kappa shape index (κ1) is 23.9. The second-order valence-corrected chi connectivity index (χ2v) is 8.09. The molecule has 0 aliphatic rings. The molecule has 0 radical (unpaired) electrons. The van der Waals surface area contributed by atoms with Gasteiger partial charge in [-0.3, -0.25) is 9.59 Å². The molecule has 8 heteroatoms. The minimum atomic E-state index is -0.936. The van der Waals surface area contributed by atoms with Gasteiger partial charge in [0, 0.05) is 16.3 Å². The van der Waals surface area contributed by atoms with Crippen molar-refractivity contribution in [3.8, 4) is 5.75 Å². The lowest BCUT2D eigenvalue weighted by molar-refractivity contribution is -0.136. The van der Waals surface area contributed by atoms with Crippen LogP contribution in [-0.2, 0) is 16.2 Å². The number of fused-ring (bicyclic) bond motifs is 1. The van der Waals surface area contributed by atoms with Gasteiger partial charge in [-0.2, -0.15) is 5.10 Å². The maximum absolute atomic E-state index is 13.2. The second kappa shape index (κ2) is 10.8. The average Bonchev–Trinajstić information content (AvgIpc) is 2.87. The van der Waals surface area contributed by atoms with Crippen LogP contribution in [0, 0.1) is 12.7 Å². The predicted molar refractivity (Wildman–Crippen MR) is 135 cm³/mol. The van der Waals surface area contributed by atoms with Crippen LogP contribution in [0.2, 0.25) is 5.02 Å². The lowest BCUT2D eigenvalue weighted by Crippen LogP contribution is -2.32. The monoisotopic (exact) mass is 489 g/mol. The highest BCUT2D eigenvalue weighted by molar-refractivity contribution is 6.40. The van der Waals surface area contributed by atoms with E-state index >= 15 is 0 Å². The molecule has 0 atom stereocenters. The maximum Gasteiger partial charge on any atom is 0.329 e. The van der Waals surface area contributed by atoms with Crippen LogP contribution in [0.4, 0.5) is 10.1 Å². The Morgan fingerprint density at radius 2 is 1.74 bits per heavy atom. The van der Waals surface area contributed by atoms with E-state index < -0.39 is 11.8 Å². The second-order valence-electron chi connectivity index (χ2n) is 7.68. The number of carbonyl (C=O) groups excluding carboxylic acids is 2. The van der Waals surface area contributed by atoms with E-state index in [4.69, 9.17) is 16.3 Å². The van der Waals surface area contributed by atoms with Gasteiger partial charge in [-0.15, -0.1) is 0 Å². The van der Waals surface area contributed by atoms with E-state index in [0.717, 1.165) is 16.3 Å². The summed E-state index contributed by atoms with van der Waals surface area (Å²) in [5.74, 6) is -1.62. The smallest absolute Gasteiger partial charge is 0.329 e. The number of anilines is 1. The average molecular weight is 490 g/mol. The molecule has 2 amide bonds. The molecule has 0 heterocycles. The number of nitrogens with one attached hydrogen (secondary N) is 2. The van der Waals surface area contributed by atoms with Crippen LogP contribution >= 0.6 is 11.6 Å². The van der Waals surface area contributed by atoms with Crippen molar-refractivity contribution < 1.29 is 18.7 Å². The van der Waals surface area contributed by atoms with Crippen molar-refractivity contribution in [2.24, 2.45) is 5.10 Å². The summed E-state index contributed by atoms with van der Waals surface area (Å²) < 4.78 is 19.1. The van der Waals surface area contributed by atoms with Crippen LogP contribution in [0.1, 0.15) is 16.7 Å². The largest absolute Gasteiger partial charge is 0.488 e. The van der Waals surface area contributed by atoms with Gasteiger partial charge in [0.1, 0.15) is 18.2 Å². The van der Waals surface area contributed by atoms with Crippen LogP contribution in [-0.4, -0.2) is 18.0 Å². The fraction of sp³-hybridized carbons (Fsp3) is 0.0741. The Balaban J connectivity index is 1.50. The molecule has 4 aromatic rings. The van der Waals surface area contributed by atoms with Gasteiger partial charge in [-0.25, -0.2) is 9.82 Å². The molecule has 0 aliphatic carbocycles. The van der Waals surface area contributed by atoms with E-state index in [1.165, 1.54) is 18.3 Å². The molecule has 0 aromatic heterocycles. The third-order valence-electron chi connectivity index (χ3n) is 5.32. The molecule has 4 rings (SSSR count). The van der Waals surface area contributed by atoms with Crippen molar-refractivity contribution >= 4 is 46.1 Å². The molecule has 4 aromatic carbocycles. The van der Waals surface area contributed by atoms with E-state index in [1.807, 2.05) is 30.3 Å². The molecule has 0 saturated heterocycles. The van der Waals surface area contributed by atoms with Crippen LogP contribution < -0.4 is 15.5 Å². The number of benzene rings is 4. The summed E-state index contributed by atoms with van der Waals surface area (Å²) in [6, 6.07) is 22.4. The standard InChI is InChI=1S/C27H21ClFN3O3/c1-17-23(28)7-4-8-24(17)31-26(33)27(34)32-30-15-22-21-6-3-2-5-19(21)11-14-25(22)35-16-18-9-12-20(29)13-10-18/h2-15H,16H2,1H3,(H,31,33)(H,32,34)/b30-15+. The molecule has 176 valence electrons. The molecule has 0 spiro atoms. The number of hydrogen-bond donors (Lipinski definition) is 2. The van der Waals surface area contributed by atoms with E-state index in [2.05, 4.69) is 15.8 Å². The van der Waals surface area contributed by atoms with Gasteiger partial charge in [-0.1, -0.05) is 60.1 Å². The molecular formula is C27H21ClFN3O3. The number of rotatable bonds is 6. The predicted octanol–water partition coefficient (Wildman–Crippen LogP) is 5.61. The summed E-state index contributed by atoms with van der Waals surface area (Å²) in [5.41, 5.74) is 4.75. The topological polar surface area (TPSA) is 79.8 Å². The number of halogens is 2. The Labute approximate surface area is 206 Å². The van der Waals surface area contributed by atoms with Gasteiger partial charge in [0.2, 0.25) is 0 Å². The van der Waals surface area contributed by atoms with Gasteiger partial charge in [0.05, 0.1) is 6.21 Å². The first-order chi connectivity index (χ1) is 16.9. The molecule has 0 fully saturated rings. The molecule has 6 nitrogen and oxygen atoms in total. The number of ether oxygens (including phenoxy) is 1. The molecule has 0 bridgehead atoms. The first-order valence-corrected chi connectivity index (χ1v) is 11.1.